The number of halogens is 1. The zero-order chi connectivity index (χ0) is 16.4. The Kier molecular flexibility index (Phi) is 4.43. The maximum atomic E-state index is 13.0. The molecule has 0 spiro atoms. The van der Waals surface area contributed by atoms with Crippen molar-refractivity contribution in [2.75, 3.05) is 6.54 Å². The molecule has 0 aliphatic carbocycles. The fourth-order valence-corrected chi connectivity index (χ4v) is 2.99. The molecule has 0 saturated carbocycles. The number of rotatable bonds is 4. The highest BCUT2D eigenvalue weighted by molar-refractivity contribution is 5.82. The van der Waals surface area contributed by atoms with Gasteiger partial charge in [-0.15, -0.1) is 0 Å². The summed E-state index contributed by atoms with van der Waals surface area (Å²) in [6.45, 7) is 4.79. The van der Waals surface area contributed by atoms with Crippen LogP contribution in [0, 0.1) is 12.7 Å². The predicted molar refractivity (Wildman–Crippen MR) is 85.8 cm³/mol. The monoisotopic (exact) mass is 316 g/mol. The van der Waals surface area contributed by atoms with E-state index in [-0.39, 0.29) is 23.8 Å². The lowest BCUT2D eigenvalue weighted by atomic mass is 10.1. The van der Waals surface area contributed by atoms with Gasteiger partial charge in [0.1, 0.15) is 5.82 Å². The summed E-state index contributed by atoms with van der Waals surface area (Å²) in [7, 11) is 0. The van der Waals surface area contributed by atoms with Crippen molar-refractivity contribution in [3.63, 3.8) is 0 Å². The average Bonchev–Trinajstić information content (AvgIpc) is 3.18. The number of nitrogens with one attached hydrogen (secondary N) is 2. The van der Waals surface area contributed by atoms with Gasteiger partial charge in [-0.1, -0.05) is 0 Å². The molecule has 5 nitrogen and oxygen atoms in total. The van der Waals surface area contributed by atoms with E-state index in [2.05, 4.69) is 15.7 Å². The molecule has 2 N–H and O–H groups in total. The number of benzene rings is 1. The van der Waals surface area contributed by atoms with Gasteiger partial charge in [0, 0.05) is 11.3 Å². The molecule has 0 radical (unpaired) electrons. The number of carbonyl (C=O) groups excluding carboxylic acids is 1. The first-order valence-electron chi connectivity index (χ1n) is 7.90. The lowest BCUT2D eigenvalue weighted by Gasteiger charge is -2.17. The molecule has 1 aromatic carbocycles. The SMILES string of the molecule is Cc1c(C(C)NC(=O)C2CCCN2)cnn1-c1ccc(F)cc1. The predicted octanol–water partition coefficient (Wildman–Crippen LogP) is 2.25. The molecule has 0 bridgehead atoms. The van der Waals surface area contributed by atoms with Gasteiger partial charge in [-0.2, -0.15) is 5.10 Å². The van der Waals surface area contributed by atoms with Crippen LogP contribution in [0.2, 0.25) is 0 Å². The summed E-state index contributed by atoms with van der Waals surface area (Å²) in [6, 6.07) is 5.97. The molecular weight excluding hydrogens is 295 g/mol. The molecule has 2 atom stereocenters. The molecule has 1 fully saturated rings. The molecule has 6 heteroatoms. The number of carbonyl (C=O) groups is 1. The van der Waals surface area contributed by atoms with Crippen LogP contribution in [0.3, 0.4) is 0 Å². The zero-order valence-corrected chi connectivity index (χ0v) is 13.3. The molecule has 1 amide bonds. The minimum atomic E-state index is -0.275. The minimum Gasteiger partial charge on any atom is -0.348 e. The second kappa shape index (κ2) is 6.50. The molecule has 1 saturated heterocycles. The topological polar surface area (TPSA) is 59.0 Å². The van der Waals surface area contributed by atoms with E-state index in [1.807, 2.05) is 13.8 Å². The molecule has 23 heavy (non-hydrogen) atoms. The molecule has 2 aromatic rings. The molecule has 1 aliphatic heterocycles. The van der Waals surface area contributed by atoms with E-state index in [4.69, 9.17) is 0 Å². The van der Waals surface area contributed by atoms with Crippen molar-refractivity contribution in [2.45, 2.75) is 38.8 Å². The van der Waals surface area contributed by atoms with Crippen LogP contribution in [-0.2, 0) is 4.79 Å². The van der Waals surface area contributed by atoms with Crippen molar-refractivity contribution >= 4 is 5.91 Å². The summed E-state index contributed by atoms with van der Waals surface area (Å²) in [4.78, 5) is 12.2. The lowest BCUT2D eigenvalue weighted by molar-refractivity contribution is -0.123. The van der Waals surface area contributed by atoms with Gasteiger partial charge in [0.25, 0.3) is 0 Å². The van der Waals surface area contributed by atoms with Crippen LogP contribution in [0.1, 0.15) is 37.1 Å². The van der Waals surface area contributed by atoms with Gasteiger partial charge in [0.05, 0.1) is 24.0 Å². The Hall–Kier alpha value is -2.21. The number of amides is 1. The van der Waals surface area contributed by atoms with Crippen molar-refractivity contribution in [1.82, 2.24) is 20.4 Å². The van der Waals surface area contributed by atoms with Crippen molar-refractivity contribution in [2.24, 2.45) is 0 Å². The fraction of sp³-hybridized carbons (Fsp3) is 0.412. The van der Waals surface area contributed by atoms with Crippen molar-refractivity contribution in [1.29, 1.82) is 0 Å². The largest absolute Gasteiger partial charge is 0.348 e. The maximum absolute atomic E-state index is 13.0. The smallest absolute Gasteiger partial charge is 0.237 e. The zero-order valence-electron chi connectivity index (χ0n) is 13.3. The van der Waals surface area contributed by atoms with Crippen molar-refractivity contribution in [3.8, 4) is 5.69 Å². The number of aromatic nitrogens is 2. The first-order chi connectivity index (χ1) is 11.1. The molecule has 2 unspecified atom stereocenters. The standard InChI is InChI=1S/C17H21FN4O/c1-11(21-17(23)16-4-3-9-19-16)15-10-20-22(12(15)2)14-7-5-13(18)6-8-14/h5-8,10-11,16,19H,3-4,9H2,1-2H3,(H,21,23). The Morgan fingerprint density at radius 2 is 2.17 bits per heavy atom. The molecular formula is C17H21FN4O. The summed E-state index contributed by atoms with van der Waals surface area (Å²) >= 11 is 0. The van der Waals surface area contributed by atoms with E-state index in [1.165, 1.54) is 12.1 Å². The third-order valence-corrected chi connectivity index (χ3v) is 4.32. The van der Waals surface area contributed by atoms with Crippen molar-refractivity contribution < 1.29 is 9.18 Å². The van der Waals surface area contributed by atoms with Crippen LogP contribution in [-0.4, -0.2) is 28.3 Å². The molecule has 3 rings (SSSR count). The van der Waals surface area contributed by atoms with Gasteiger partial charge in [0.2, 0.25) is 5.91 Å². The van der Waals surface area contributed by atoms with E-state index >= 15 is 0 Å². The van der Waals surface area contributed by atoms with Crippen LogP contribution in [0.5, 0.6) is 0 Å². The van der Waals surface area contributed by atoms with Crippen LogP contribution in [0.4, 0.5) is 4.39 Å². The van der Waals surface area contributed by atoms with Gasteiger partial charge < -0.3 is 10.6 Å². The van der Waals surface area contributed by atoms with Gasteiger partial charge in [-0.25, -0.2) is 9.07 Å². The maximum Gasteiger partial charge on any atom is 0.237 e. The van der Waals surface area contributed by atoms with Crippen LogP contribution >= 0.6 is 0 Å². The van der Waals surface area contributed by atoms with Gasteiger partial charge in [-0.05, 0) is 57.5 Å². The highest BCUT2D eigenvalue weighted by atomic mass is 19.1. The van der Waals surface area contributed by atoms with E-state index in [9.17, 15) is 9.18 Å². The molecule has 1 aliphatic rings. The van der Waals surface area contributed by atoms with Gasteiger partial charge in [-0.3, -0.25) is 4.79 Å². The third kappa shape index (κ3) is 3.27. The first kappa shape index (κ1) is 15.7. The Morgan fingerprint density at radius 3 is 2.83 bits per heavy atom. The summed E-state index contributed by atoms with van der Waals surface area (Å²) in [5.41, 5.74) is 2.69. The first-order valence-corrected chi connectivity index (χ1v) is 7.90. The highest BCUT2D eigenvalue weighted by Crippen LogP contribution is 2.21. The van der Waals surface area contributed by atoms with Gasteiger partial charge >= 0.3 is 0 Å². The Morgan fingerprint density at radius 1 is 1.43 bits per heavy atom. The quantitative estimate of drug-likeness (QED) is 0.909. The Bertz CT molecular complexity index is 689. The number of nitrogens with zero attached hydrogens (tertiary/aromatic N) is 2. The lowest BCUT2D eigenvalue weighted by Crippen LogP contribution is -2.41. The normalized spacial score (nSPS) is 18.8. The molecule has 2 heterocycles. The third-order valence-electron chi connectivity index (χ3n) is 4.32. The summed E-state index contributed by atoms with van der Waals surface area (Å²) in [5, 5.41) is 10.6. The summed E-state index contributed by atoms with van der Waals surface area (Å²) in [5.74, 6) is -0.243. The van der Waals surface area contributed by atoms with Crippen molar-refractivity contribution in [3.05, 3.63) is 47.5 Å². The van der Waals surface area contributed by atoms with E-state index in [0.717, 1.165) is 36.3 Å². The highest BCUT2D eigenvalue weighted by Gasteiger charge is 2.24. The number of hydrogen-bond donors (Lipinski definition) is 2. The molecule has 122 valence electrons. The fourth-order valence-electron chi connectivity index (χ4n) is 2.99. The Labute approximate surface area is 134 Å². The Balaban J connectivity index is 1.75. The average molecular weight is 316 g/mol. The van der Waals surface area contributed by atoms with Gasteiger partial charge in [0.15, 0.2) is 0 Å². The second-order valence-corrected chi connectivity index (χ2v) is 5.95. The van der Waals surface area contributed by atoms with Crippen LogP contribution < -0.4 is 10.6 Å². The van der Waals surface area contributed by atoms with Crippen LogP contribution in [0.15, 0.2) is 30.5 Å². The summed E-state index contributed by atoms with van der Waals surface area (Å²) in [6.07, 6.45) is 3.67. The molecule has 1 aromatic heterocycles. The minimum absolute atomic E-state index is 0.0314. The number of hydrogen-bond acceptors (Lipinski definition) is 3. The second-order valence-electron chi connectivity index (χ2n) is 5.95. The van der Waals surface area contributed by atoms with E-state index < -0.39 is 0 Å². The van der Waals surface area contributed by atoms with E-state index in [0.29, 0.717) is 0 Å². The summed E-state index contributed by atoms with van der Waals surface area (Å²) < 4.78 is 14.8. The van der Waals surface area contributed by atoms with Crippen LogP contribution in [0.25, 0.3) is 5.69 Å². The van der Waals surface area contributed by atoms with E-state index in [1.54, 1.807) is 23.0 Å².